The molecule has 0 saturated heterocycles. The van der Waals surface area contributed by atoms with E-state index in [0.29, 0.717) is 5.92 Å². The Morgan fingerprint density at radius 3 is 2.89 bits per heavy atom. The SMILES string of the molecule is O=C(C[C@H]1C[C@H]2CC[C@H]1C2)NCCc1ccc(Cl)s1. The molecule has 2 nitrogen and oxygen atoms in total. The molecule has 2 saturated carbocycles. The monoisotopic (exact) mass is 297 g/mol. The predicted octanol–water partition coefficient (Wildman–Crippen LogP) is 3.89. The van der Waals surface area contributed by atoms with E-state index in [1.54, 1.807) is 11.3 Å². The van der Waals surface area contributed by atoms with Crippen LogP contribution in [0.25, 0.3) is 0 Å². The van der Waals surface area contributed by atoms with E-state index in [0.717, 1.165) is 35.6 Å². The summed E-state index contributed by atoms with van der Waals surface area (Å²) < 4.78 is 0.823. The molecule has 0 aromatic carbocycles. The van der Waals surface area contributed by atoms with Crippen LogP contribution in [0.15, 0.2) is 12.1 Å². The molecule has 1 heterocycles. The van der Waals surface area contributed by atoms with E-state index >= 15 is 0 Å². The third kappa shape index (κ3) is 3.32. The summed E-state index contributed by atoms with van der Waals surface area (Å²) in [6, 6.07) is 3.95. The van der Waals surface area contributed by atoms with Gasteiger partial charge in [-0.25, -0.2) is 0 Å². The lowest BCUT2D eigenvalue weighted by Gasteiger charge is -2.20. The van der Waals surface area contributed by atoms with Crippen LogP contribution in [0.5, 0.6) is 0 Å². The summed E-state index contributed by atoms with van der Waals surface area (Å²) in [6.45, 7) is 0.733. The number of hydrogen-bond donors (Lipinski definition) is 1. The summed E-state index contributed by atoms with van der Waals surface area (Å²) in [6.07, 6.45) is 7.06. The van der Waals surface area contributed by atoms with Gasteiger partial charge in [-0.3, -0.25) is 4.79 Å². The van der Waals surface area contributed by atoms with Crippen molar-refractivity contribution in [3.05, 3.63) is 21.3 Å². The lowest BCUT2D eigenvalue weighted by Crippen LogP contribution is -2.28. The summed E-state index contributed by atoms with van der Waals surface area (Å²) in [5.74, 6) is 2.66. The maximum atomic E-state index is 11.9. The second-order valence-electron chi connectivity index (χ2n) is 5.94. The molecule has 1 aromatic heterocycles. The number of nitrogens with one attached hydrogen (secondary N) is 1. The van der Waals surface area contributed by atoms with E-state index in [1.165, 1.54) is 30.6 Å². The third-order valence-corrected chi connectivity index (χ3v) is 5.95. The number of thiophene rings is 1. The van der Waals surface area contributed by atoms with Crippen LogP contribution in [0.2, 0.25) is 4.34 Å². The smallest absolute Gasteiger partial charge is 0.220 e. The molecule has 0 aliphatic heterocycles. The minimum atomic E-state index is 0.236. The average molecular weight is 298 g/mol. The van der Waals surface area contributed by atoms with Gasteiger partial charge in [-0.15, -0.1) is 11.3 Å². The molecule has 2 aliphatic carbocycles. The van der Waals surface area contributed by atoms with Crippen molar-refractivity contribution in [3.63, 3.8) is 0 Å². The van der Waals surface area contributed by atoms with Gasteiger partial charge in [0.15, 0.2) is 0 Å². The Balaban J connectivity index is 1.37. The van der Waals surface area contributed by atoms with Gasteiger partial charge in [0.25, 0.3) is 0 Å². The molecule has 3 rings (SSSR count). The van der Waals surface area contributed by atoms with Crippen LogP contribution in [-0.2, 0) is 11.2 Å². The molecule has 2 bridgehead atoms. The molecule has 1 amide bonds. The van der Waals surface area contributed by atoms with Crippen molar-refractivity contribution in [1.82, 2.24) is 5.32 Å². The highest BCUT2D eigenvalue weighted by atomic mass is 35.5. The van der Waals surface area contributed by atoms with Gasteiger partial charge >= 0.3 is 0 Å². The average Bonchev–Trinajstić information content (AvgIpc) is 3.06. The van der Waals surface area contributed by atoms with Crippen LogP contribution in [0.4, 0.5) is 0 Å². The largest absolute Gasteiger partial charge is 0.356 e. The summed E-state index contributed by atoms with van der Waals surface area (Å²) in [7, 11) is 0. The number of carbonyl (C=O) groups excluding carboxylic acids is 1. The Kier molecular flexibility index (Phi) is 4.13. The fraction of sp³-hybridized carbons (Fsp3) is 0.667. The molecule has 0 spiro atoms. The summed E-state index contributed by atoms with van der Waals surface area (Å²) in [5.41, 5.74) is 0. The van der Waals surface area contributed by atoms with Crippen molar-refractivity contribution in [2.24, 2.45) is 17.8 Å². The van der Waals surface area contributed by atoms with E-state index in [4.69, 9.17) is 11.6 Å². The maximum absolute atomic E-state index is 11.9. The molecule has 1 aromatic rings. The zero-order valence-corrected chi connectivity index (χ0v) is 12.6. The fourth-order valence-electron chi connectivity index (χ4n) is 3.75. The van der Waals surface area contributed by atoms with Gasteiger partial charge in [-0.1, -0.05) is 18.0 Å². The summed E-state index contributed by atoms with van der Waals surface area (Å²) in [5, 5.41) is 3.05. The Bertz CT molecular complexity index is 459. The van der Waals surface area contributed by atoms with Crippen LogP contribution in [0.3, 0.4) is 0 Å². The lowest BCUT2D eigenvalue weighted by atomic mass is 9.86. The van der Waals surface area contributed by atoms with Gasteiger partial charge in [0.1, 0.15) is 0 Å². The Morgan fingerprint density at radius 1 is 1.37 bits per heavy atom. The van der Waals surface area contributed by atoms with Crippen molar-refractivity contribution < 1.29 is 4.79 Å². The van der Waals surface area contributed by atoms with Crippen molar-refractivity contribution >= 4 is 28.8 Å². The normalized spacial score (nSPS) is 28.8. The maximum Gasteiger partial charge on any atom is 0.220 e. The van der Waals surface area contributed by atoms with E-state index in [2.05, 4.69) is 5.32 Å². The van der Waals surface area contributed by atoms with Gasteiger partial charge in [0.2, 0.25) is 5.91 Å². The van der Waals surface area contributed by atoms with E-state index in [9.17, 15) is 4.79 Å². The summed E-state index contributed by atoms with van der Waals surface area (Å²) >= 11 is 7.48. The lowest BCUT2D eigenvalue weighted by molar-refractivity contribution is -0.122. The minimum absolute atomic E-state index is 0.236. The first-order valence-corrected chi connectivity index (χ1v) is 8.41. The molecule has 1 N–H and O–H groups in total. The molecule has 19 heavy (non-hydrogen) atoms. The highest BCUT2D eigenvalue weighted by molar-refractivity contribution is 7.16. The van der Waals surface area contributed by atoms with Gasteiger partial charge in [-0.05, 0) is 55.6 Å². The van der Waals surface area contributed by atoms with E-state index in [1.807, 2.05) is 12.1 Å². The van der Waals surface area contributed by atoms with Crippen molar-refractivity contribution in [2.45, 2.75) is 38.5 Å². The second kappa shape index (κ2) is 5.84. The van der Waals surface area contributed by atoms with Gasteiger partial charge in [0, 0.05) is 17.8 Å². The second-order valence-corrected chi connectivity index (χ2v) is 7.74. The highest BCUT2D eigenvalue weighted by Gasteiger charge is 2.39. The van der Waals surface area contributed by atoms with Crippen LogP contribution in [0, 0.1) is 17.8 Å². The molecule has 0 unspecified atom stereocenters. The molecule has 4 heteroatoms. The Labute approximate surface area is 123 Å². The van der Waals surface area contributed by atoms with Crippen molar-refractivity contribution in [2.75, 3.05) is 6.54 Å². The molecule has 2 fully saturated rings. The van der Waals surface area contributed by atoms with Crippen LogP contribution in [0.1, 0.15) is 37.0 Å². The van der Waals surface area contributed by atoms with Crippen molar-refractivity contribution in [3.8, 4) is 0 Å². The molecule has 104 valence electrons. The Morgan fingerprint density at radius 2 is 2.26 bits per heavy atom. The number of hydrogen-bond acceptors (Lipinski definition) is 2. The third-order valence-electron chi connectivity index (χ3n) is 4.65. The fourth-order valence-corrected chi connectivity index (χ4v) is 4.84. The molecule has 0 radical (unpaired) electrons. The molecular formula is C15H20ClNOS. The molecule has 2 aliphatic rings. The zero-order valence-electron chi connectivity index (χ0n) is 11.0. The molecular weight excluding hydrogens is 278 g/mol. The van der Waals surface area contributed by atoms with Gasteiger partial charge < -0.3 is 5.32 Å². The molecule has 3 atom stereocenters. The van der Waals surface area contributed by atoms with E-state index < -0.39 is 0 Å². The number of halogens is 1. The Hall–Kier alpha value is -0.540. The van der Waals surface area contributed by atoms with Crippen LogP contribution < -0.4 is 5.32 Å². The van der Waals surface area contributed by atoms with E-state index in [-0.39, 0.29) is 5.91 Å². The summed E-state index contributed by atoms with van der Waals surface area (Å²) in [4.78, 5) is 13.2. The first kappa shape index (κ1) is 13.4. The van der Waals surface area contributed by atoms with Gasteiger partial charge in [0.05, 0.1) is 4.34 Å². The minimum Gasteiger partial charge on any atom is -0.356 e. The first-order chi connectivity index (χ1) is 9.20. The zero-order chi connectivity index (χ0) is 13.2. The number of rotatable bonds is 5. The number of amides is 1. The standard InChI is InChI=1S/C15H20ClNOS/c16-14-4-3-13(19-14)5-6-17-15(18)9-12-8-10-1-2-11(12)7-10/h3-4,10-12H,1-2,5-9H2,(H,17,18)/t10-,11-,12+/m0/s1. The number of fused-ring (bicyclic) bond motifs is 2. The number of carbonyl (C=O) groups is 1. The van der Waals surface area contributed by atoms with Crippen LogP contribution in [-0.4, -0.2) is 12.5 Å². The first-order valence-electron chi connectivity index (χ1n) is 7.21. The predicted molar refractivity (Wildman–Crippen MR) is 79.6 cm³/mol. The highest BCUT2D eigenvalue weighted by Crippen LogP contribution is 2.49. The quantitative estimate of drug-likeness (QED) is 0.878. The van der Waals surface area contributed by atoms with Crippen LogP contribution >= 0.6 is 22.9 Å². The topological polar surface area (TPSA) is 29.1 Å². The van der Waals surface area contributed by atoms with Gasteiger partial charge in [-0.2, -0.15) is 0 Å². The van der Waals surface area contributed by atoms with Crippen molar-refractivity contribution in [1.29, 1.82) is 0 Å².